The fourth-order valence-corrected chi connectivity index (χ4v) is 3.04. The average molecular weight is 449 g/mol. The van der Waals surface area contributed by atoms with Crippen LogP contribution in [0, 0.1) is 10.1 Å². The molecule has 11 heteroatoms. The molecule has 1 N–H and O–H groups in total. The molecule has 166 valence electrons. The Bertz CT molecular complexity index is 949. The number of amides is 2. The lowest BCUT2D eigenvalue weighted by Gasteiger charge is -2.13. The number of hydrogen-bond acceptors (Lipinski definition) is 8. The molecule has 0 saturated carbocycles. The molecule has 2 aromatic carbocycles. The quantitative estimate of drug-likeness (QED) is 0.267. The fourth-order valence-electron chi connectivity index (χ4n) is 2.39. The molecular formula is C20H23N3O7S. The summed E-state index contributed by atoms with van der Waals surface area (Å²) in [5, 5.41) is 14.0. The van der Waals surface area contributed by atoms with Gasteiger partial charge in [-0.1, -0.05) is 0 Å². The van der Waals surface area contributed by atoms with Crippen molar-refractivity contribution >= 4 is 34.3 Å². The molecule has 0 radical (unpaired) electrons. The molecule has 0 aliphatic carbocycles. The van der Waals surface area contributed by atoms with Gasteiger partial charge in [-0.25, -0.2) is 0 Å². The number of carbonyl (C=O) groups is 2. The van der Waals surface area contributed by atoms with Gasteiger partial charge >= 0.3 is 0 Å². The van der Waals surface area contributed by atoms with Crippen LogP contribution >= 0.6 is 11.8 Å². The Balaban J connectivity index is 2.23. The number of benzene rings is 2. The van der Waals surface area contributed by atoms with E-state index in [0.717, 1.165) is 17.8 Å². The Morgan fingerprint density at radius 1 is 1.10 bits per heavy atom. The zero-order chi connectivity index (χ0) is 23.0. The van der Waals surface area contributed by atoms with Gasteiger partial charge in [0.1, 0.15) is 12.2 Å². The highest BCUT2D eigenvalue weighted by molar-refractivity contribution is 8.13. The molecule has 2 aromatic rings. The predicted molar refractivity (Wildman–Crippen MR) is 116 cm³/mol. The normalized spacial score (nSPS) is 10.3. The third kappa shape index (κ3) is 6.59. The molecule has 0 bridgehead atoms. The van der Waals surface area contributed by atoms with Crippen molar-refractivity contribution in [2.45, 2.75) is 4.90 Å². The molecule has 31 heavy (non-hydrogen) atoms. The van der Waals surface area contributed by atoms with Gasteiger partial charge in [0.05, 0.1) is 24.7 Å². The molecule has 2 amide bonds. The predicted octanol–water partition coefficient (Wildman–Crippen LogP) is 3.65. The Morgan fingerprint density at radius 3 is 2.32 bits per heavy atom. The topological polar surface area (TPSA) is 120 Å². The lowest BCUT2D eigenvalue weighted by molar-refractivity contribution is -0.385. The lowest BCUT2D eigenvalue weighted by Crippen LogP contribution is -2.16. The smallest absolute Gasteiger partial charge is 0.286 e. The van der Waals surface area contributed by atoms with E-state index in [2.05, 4.69) is 5.32 Å². The number of thioether (sulfide) groups is 1. The number of nitro groups is 1. The van der Waals surface area contributed by atoms with Crippen LogP contribution in [0.25, 0.3) is 0 Å². The van der Waals surface area contributed by atoms with E-state index in [9.17, 15) is 19.7 Å². The number of anilines is 1. The number of nitrogens with zero attached hydrogens (tertiary/aromatic N) is 2. The van der Waals surface area contributed by atoms with Crippen LogP contribution in [0.4, 0.5) is 16.2 Å². The van der Waals surface area contributed by atoms with Crippen molar-refractivity contribution in [1.29, 1.82) is 0 Å². The minimum absolute atomic E-state index is 0.132. The van der Waals surface area contributed by atoms with Crippen molar-refractivity contribution in [3.8, 4) is 11.5 Å². The Hall–Kier alpha value is -3.31. The van der Waals surface area contributed by atoms with Crippen molar-refractivity contribution in [2.24, 2.45) is 0 Å². The number of rotatable bonds is 9. The highest BCUT2D eigenvalue weighted by atomic mass is 32.2. The molecule has 0 atom stereocenters. The van der Waals surface area contributed by atoms with Crippen molar-refractivity contribution in [2.75, 3.05) is 46.8 Å². The molecule has 0 saturated heterocycles. The van der Waals surface area contributed by atoms with Crippen molar-refractivity contribution in [3.63, 3.8) is 0 Å². The fraction of sp³-hybridized carbons (Fsp3) is 0.300. The van der Waals surface area contributed by atoms with Gasteiger partial charge in [0.15, 0.2) is 11.5 Å². The first-order valence-corrected chi connectivity index (χ1v) is 9.87. The summed E-state index contributed by atoms with van der Waals surface area (Å²) in [6, 6.07) is 8.96. The van der Waals surface area contributed by atoms with Gasteiger partial charge in [-0.05, 0) is 36.0 Å². The SMILES string of the molecule is COCCOc1cc([N+](=O)[O-])c(C(=O)Nc2ccc(SC(=O)N(C)C)cc2)cc1OC. The molecule has 0 spiro atoms. The second-order valence-corrected chi connectivity index (χ2v) is 7.38. The summed E-state index contributed by atoms with van der Waals surface area (Å²) in [6.07, 6.45) is 0. The van der Waals surface area contributed by atoms with Crippen LogP contribution in [-0.2, 0) is 4.74 Å². The highest BCUT2D eigenvalue weighted by Crippen LogP contribution is 2.35. The minimum atomic E-state index is -0.682. The van der Waals surface area contributed by atoms with Crippen LogP contribution in [0.3, 0.4) is 0 Å². The number of ether oxygens (including phenoxy) is 3. The number of carbonyl (C=O) groups excluding carboxylic acids is 2. The maximum absolute atomic E-state index is 12.7. The lowest BCUT2D eigenvalue weighted by atomic mass is 10.1. The zero-order valence-electron chi connectivity index (χ0n) is 17.5. The number of nitro benzene ring substituents is 1. The van der Waals surface area contributed by atoms with Crippen molar-refractivity contribution in [1.82, 2.24) is 4.90 Å². The molecule has 0 fully saturated rings. The third-order valence-corrected chi connectivity index (χ3v) is 5.00. The maximum Gasteiger partial charge on any atom is 0.286 e. The number of methoxy groups -OCH3 is 2. The molecule has 0 aliphatic rings. The van der Waals surface area contributed by atoms with E-state index in [1.54, 1.807) is 38.4 Å². The molecule has 2 rings (SSSR count). The second-order valence-electron chi connectivity index (χ2n) is 6.36. The summed E-state index contributed by atoms with van der Waals surface area (Å²) >= 11 is 1.04. The van der Waals surface area contributed by atoms with Crippen LogP contribution in [0.2, 0.25) is 0 Å². The van der Waals surface area contributed by atoms with Gasteiger partial charge in [0.25, 0.3) is 16.8 Å². The van der Waals surface area contributed by atoms with E-state index < -0.39 is 16.5 Å². The number of nitrogens with one attached hydrogen (secondary N) is 1. The van der Waals surface area contributed by atoms with Crippen LogP contribution < -0.4 is 14.8 Å². The van der Waals surface area contributed by atoms with Gasteiger partial charge in [0.2, 0.25) is 0 Å². The minimum Gasteiger partial charge on any atom is -0.493 e. The summed E-state index contributed by atoms with van der Waals surface area (Å²) in [6.45, 7) is 0.448. The van der Waals surface area contributed by atoms with E-state index in [0.29, 0.717) is 10.6 Å². The van der Waals surface area contributed by atoms with Crippen LogP contribution in [0.5, 0.6) is 11.5 Å². The Kier molecular flexibility index (Phi) is 8.64. The van der Waals surface area contributed by atoms with Crippen molar-refractivity contribution < 1.29 is 28.7 Å². The number of hydrogen-bond donors (Lipinski definition) is 1. The van der Waals surface area contributed by atoms with E-state index in [1.165, 1.54) is 25.2 Å². The summed E-state index contributed by atoms with van der Waals surface area (Å²) in [5.41, 5.74) is -0.183. The first-order chi connectivity index (χ1) is 14.8. The van der Waals surface area contributed by atoms with Gasteiger partial charge in [0, 0.05) is 37.9 Å². The Morgan fingerprint density at radius 2 is 1.77 bits per heavy atom. The van der Waals surface area contributed by atoms with E-state index in [4.69, 9.17) is 14.2 Å². The van der Waals surface area contributed by atoms with E-state index >= 15 is 0 Å². The first kappa shape index (κ1) is 24.0. The zero-order valence-corrected chi connectivity index (χ0v) is 18.4. The van der Waals surface area contributed by atoms with Gasteiger partial charge in [-0.15, -0.1) is 0 Å². The van der Waals surface area contributed by atoms with Gasteiger partial charge in [-0.2, -0.15) is 0 Å². The molecular weight excluding hydrogens is 426 g/mol. The third-order valence-electron chi connectivity index (χ3n) is 3.95. The van der Waals surface area contributed by atoms with E-state index in [1.807, 2.05) is 0 Å². The second kappa shape index (κ2) is 11.2. The molecule has 0 heterocycles. The standard InChI is InChI=1S/C20H23N3O7S/c1-22(2)20(25)31-14-7-5-13(6-8-14)21-19(24)15-11-17(29-4)18(30-10-9-28-3)12-16(15)23(26)27/h5-8,11-12H,9-10H2,1-4H3,(H,21,24). The van der Waals surface area contributed by atoms with Crippen LogP contribution in [0.15, 0.2) is 41.3 Å². The average Bonchev–Trinajstić information content (AvgIpc) is 2.74. The maximum atomic E-state index is 12.7. The summed E-state index contributed by atoms with van der Waals surface area (Å²) in [4.78, 5) is 37.5. The van der Waals surface area contributed by atoms with Crippen molar-refractivity contribution in [3.05, 3.63) is 52.1 Å². The molecule has 0 aromatic heterocycles. The monoisotopic (exact) mass is 449 g/mol. The molecule has 0 unspecified atom stereocenters. The Labute approximate surface area is 183 Å². The van der Waals surface area contributed by atoms with E-state index in [-0.39, 0.29) is 35.5 Å². The molecule has 10 nitrogen and oxygen atoms in total. The largest absolute Gasteiger partial charge is 0.493 e. The summed E-state index contributed by atoms with van der Waals surface area (Å²) in [5.74, 6) is -0.367. The van der Waals surface area contributed by atoms with Gasteiger partial charge < -0.3 is 24.4 Å². The molecule has 0 aliphatic heterocycles. The summed E-state index contributed by atoms with van der Waals surface area (Å²) in [7, 11) is 6.18. The first-order valence-electron chi connectivity index (χ1n) is 9.05. The summed E-state index contributed by atoms with van der Waals surface area (Å²) < 4.78 is 15.6. The highest BCUT2D eigenvalue weighted by Gasteiger charge is 2.25. The van der Waals surface area contributed by atoms with Gasteiger partial charge in [-0.3, -0.25) is 19.7 Å². The van der Waals surface area contributed by atoms with Crippen LogP contribution in [-0.4, -0.2) is 62.5 Å². The van der Waals surface area contributed by atoms with Crippen LogP contribution in [0.1, 0.15) is 10.4 Å².